The fourth-order valence-electron chi connectivity index (χ4n) is 1.66. The number of nitrogens with two attached hydrogens (primary N) is 1. The molecule has 18 heavy (non-hydrogen) atoms. The number of hydrogen-bond donors (Lipinski definition) is 2. The van der Waals surface area contributed by atoms with Gasteiger partial charge in [-0.25, -0.2) is 0 Å². The Morgan fingerprint density at radius 1 is 1.56 bits per heavy atom. The Labute approximate surface area is 113 Å². The summed E-state index contributed by atoms with van der Waals surface area (Å²) >= 11 is 5.04. The number of anilines is 1. The molecule has 1 aromatic carbocycles. The summed E-state index contributed by atoms with van der Waals surface area (Å²) in [6, 6.07) is 5.59. The van der Waals surface area contributed by atoms with Crippen molar-refractivity contribution in [1.29, 1.82) is 0 Å². The topological polar surface area (TPSA) is 58.7 Å². The van der Waals surface area contributed by atoms with E-state index in [2.05, 4.69) is 0 Å². The maximum absolute atomic E-state index is 9.33. The zero-order valence-electron chi connectivity index (χ0n) is 11.0. The van der Waals surface area contributed by atoms with Gasteiger partial charge in [-0.05, 0) is 25.5 Å². The first-order chi connectivity index (χ1) is 8.45. The van der Waals surface area contributed by atoms with E-state index in [9.17, 15) is 5.11 Å². The minimum absolute atomic E-state index is 0.327. The van der Waals surface area contributed by atoms with Gasteiger partial charge >= 0.3 is 0 Å². The van der Waals surface area contributed by atoms with Gasteiger partial charge < -0.3 is 20.5 Å². The van der Waals surface area contributed by atoms with Gasteiger partial charge in [0, 0.05) is 25.2 Å². The number of rotatable bonds is 6. The molecule has 5 heteroatoms. The van der Waals surface area contributed by atoms with E-state index in [0.717, 1.165) is 23.5 Å². The quantitative estimate of drug-likeness (QED) is 0.766. The van der Waals surface area contributed by atoms with Gasteiger partial charge in [0.1, 0.15) is 10.7 Å². The minimum atomic E-state index is -0.327. The molecule has 0 radical (unpaired) electrons. The number of hydrogen-bond acceptors (Lipinski definition) is 4. The Balaban J connectivity index is 2.99. The molecule has 0 aliphatic rings. The molecule has 0 aromatic heterocycles. The van der Waals surface area contributed by atoms with E-state index in [4.69, 9.17) is 22.7 Å². The van der Waals surface area contributed by atoms with Crippen LogP contribution in [-0.4, -0.2) is 36.9 Å². The highest BCUT2D eigenvalue weighted by atomic mass is 32.1. The number of methoxy groups -OCH3 is 1. The van der Waals surface area contributed by atoms with Crippen LogP contribution in [0.5, 0.6) is 5.75 Å². The molecule has 0 bridgehead atoms. The smallest absolute Gasteiger partial charge is 0.120 e. The third kappa shape index (κ3) is 3.85. The van der Waals surface area contributed by atoms with Crippen LogP contribution in [0.25, 0.3) is 0 Å². The number of ether oxygens (including phenoxy) is 1. The van der Waals surface area contributed by atoms with Gasteiger partial charge in [-0.1, -0.05) is 12.2 Å². The van der Waals surface area contributed by atoms with E-state index in [0.29, 0.717) is 11.4 Å². The highest BCUT2D eigenvalue weighted by Crippen LogP contribution is 2.25. The van der Waals surface area contributed by atoms with E-state index in [1.807, 2.05) is 30.1 Å². The van der Waals surface area contributed by atoms with Crippen molar-refractivity contribution >= 4 is 22.9 Å². The lowest BCUT2D eigenvalue weighted by Crippen LogP contribution is -2.25. The molecule has 1 unspecified atom stereocenters. The second-order valence-corrected chi connectivity index (χ2v) is 4.75. The van der Waals surface area contributed by atoms with E-state index in [-0.39, 0.29) is 6.10 Å². The van der Waals surface area contributed by atoms with Crippen molar-refractivity contribution in [3.8, 4) is 5.75 Å². The first-order valence-corrected chi connectivity index (χ1v) is 6.23. The van der Waals surface area contributed by atoms with Crippen molar-refractivity contribution in [3.05, 3.63) is 23.8 Å². The summed E-state index contributed by atoms with van der Waals surface area (Å²) in [5.41, 5.74) is 7.45. The zero-order valence-corrected chi connectivity index (χ0v) is 11.8. The highest BCUT2D eigenvalue weighted by Gasteiger charge is 2.11. The molecular weight excluding hydrogens is 248 g/mol. The van der Waals surface area contributed by atoms with E-state index >= 15 is 0 Å². The Morgan fingerprint density at radius 2 is 2.22 bits per heavy atom. The van der Waals surface area contributed by atoms with E-state index in [1.54, 1.807) is 14.0 Å². The number of aliphatic hydroxyl groups is 1. The number of thiocarbonyl (C=S) groups is 1. The highest BCUT2D eigenvalue weighted by molar-refractivity contribution is 7.80. The summed E-state index contributed by atoms with van der Waals surface area (Å²) in [6.45, 7) is 2.49. The predicted octanol–water partition coefficient (Wildman–Crippen LogP) is 1.54. The second-order valence-electron chi connectivity index (χ2n) is 4.31. The molecule has 1 rings (SSSR count). The normalized spacial score (nSPS) is 12.0. The molecule has 0 aliphatic heterocycles. The summed E-state index contributed by atoms with van der Waals surface area (Å²) in [4.78, 5) is 2.38. The van der Waals surface area contributed by atoms with Crippen molar-refractivity contribution in [2.75, 3.05) is 25.6 Å². The van der Waals surface area contributed by atoms with Gasteiger partial charge in [0.15, 0.2) is 0 Å². The summed E-state index contributed by atoms with van der Waals surface area (Å²) in [5, 5.41) is 9.33. The minimum Gasteiger partial charge on any atom is -0.497 e. The Hall–Kier alpha value is -1.33. The molecular formula is C13H20N2O2S. The lowest BCUT2D eigenvalue weighted by Gasteiger charge is -2.23. The van der Waals surface area contributed by atoms with Gasteiger partial charge in [-0.15, -0.1) is 0 Å². The van der Waals surface area contributed by atoms with Crippen molar-refractivity contribution in [3.63, 3.8) is 0 Å². The van der Waals surface area contributed by atoms with Gasteiger partial charge in [0.05, 0.1) is 18.9 Å². The number of nitrogens with zero attached hydrogens (tertiary/aromatic N) is 1. The van der Waals surface area contributed by atoms with Crippen LogP contribution in [0.1, 0.15) is 18.9 Å². The Morgan fingerprint density at radius 3 is 2.72 bits per heavy atom. The van der Waals surface area contributed by atoms with E-state index < -0.39 is 0 Å². The monoisotopic (exact) mass is 268 g/mol. The maximum Gasteiger partial charge on any atom is 0.120 e. The van der Waals surface area contributed by atoms with Crippen LogP contribution >= 0.6 is 12.2 Å². The molecule has 4 nitrogen and oxygen atoms in total. The molecule has 0 aliphatic carbocycles. The second kappa shape index (κ2) is 6.56. The van der Waals surface area contributed by atoms with E-state index in [1.165, 1.54) is 0 Å². The molecule has 0 fully saturated rings. The van der Waals surface area contributed by atoms with Gasteiger partial charge in [0.2, 0.25) is 0 Å². The molecule has 0 spiro atoms. The van der Waals surface area contributed by atoms with Gasteiger partial charge in [-0.2, -0.15) is 0 Å². The zero-order chi connectivity index (χ0) is 13.7. The molecule has 100 valence electrons. The average Bonchev–Trinajstić information content (AvgIpc) is 2.34. The maximum atomic E-state index is 9.33. The van der Waals surface area contributed by atoms with Crippen molar-refractivity contribution < 1.29 is 9.84 Å². The number of benzene rings is 1. The third-order valence-corrected chi connectivity index (χ3v) is 2.98. The van der Waals surface area contributed by atoms with Gasteiger partial charge in [0.25, 0.3) is 0 Å². The summed E-state index contributed by atoms with van der Waals surface area (Å²) < 4.78 is 5.21. The van der Waals surface area contributed by atoms with Crippen LogP contribution in [0.4, 0.5) is 5.69 Å². The lowest BCUT2D eigenvalue weighted by atomic mass is 10.1. The molecule has 1 atom stereocenters. The average molecular weight is 268 g/mol. The molecule has 0 amide bonds. The summed E-state index contributed by atoms with van der Waals surface area (Å²) in [6.07, 6.45) is 0.358. The molecule has 0 heterocycles. The van der Waals surface area contributed by atoms with Crippen LogP contribution in [-0.2, 0) is 0 Å². The van der Waals surface area contributed by atoms with Crippen LogP contribution in [0, 0.1) is 0 Å². The van der Waals surface area contributed by atoms with Crippen LogP contribution in [0.3, 0.4) is 0 Å². The standard InChI is InChI=1S/C13H20N2O2S/c1-9(16)6-7-15(2)12-8-10(17-3)4-5-11(12)13(14)18/h4-5,8-9,16H,6-7H2,1-3H3,(H2,14,18). The summed E-state index contributed by atoms with van der Waals surface area (Å²) in [5.74, 6) is 0.758. The first kappa shape index (κ1) is 14.7. The SMILES string of the molecule is COc1ccc(C(N)=S)c(N(C)CCC(C)O)c1. The fourth-order valence-corrected chi connectivity index (χ4v) is 1.84. The molecule has 0 saturated carbocycles. The lowest BCUT2D eigenvalue weighted by molar-refractivity contribution is 0.187. The molecule has 3 N–H and O–H groups in total. The Bertz CT molecular complexity index is 421. The molecule has 0 saturated heterocycles. The largest absolute Gasteiger partial charge is 0.497 e. The summed E-state index contributed by atoms with van der Waals surface area (Å²) in [7, 11) is 3.56. The van der Waals surface area contributed by atoms with Crippen LogP contribution < -0.4 is 15.4 Å². The van der Waals surface area contributed by atoms with Crippen molar-refractivity contribution in [2.24, 2.45) is 5.73 Å². The fraction of sp³-hybridized carbons (Fsp3) is 0.462. The van der Waals surface area contributed by atoms with Crippen LogP contribution in [0.2, 0.25) is 0 Å². The van der Waals surface area contributed by atoms with Crippen molar-refractivity contribution in [1.82, 2.24) is 0 Å². The van der Waals surface area contributed by atoms with Gasteiger partial charge in [-0.3, -0.25) is 0 Å². The van der Waals surface area contributed by atoms with Crippen molar-refractivity contribution in [2.45, 2.75) is 19.4 Å². The number of aliphatic hydroxyl groups excluding tert-OH is 1. The van der Waals surface area contributed by atoms with Crippen LogP contribution in [0.15, 0.2) is 18.2 Å². The first-order valence-electron chi connectivity index (χ1n) is 5.82. The predicted molar refractivity (Wildman–Crippen MR) is 78.4 cm³/mol. The molecule has 1 aromatic rings. The Kier molecular flexibility index (Phi) is 5.37. The third-order valence-electron chi connectivity index (χ3n) is 2.76.